The van der Waals surface area contributed by atoms with Gasteiger partial charge >= 0.3 is 14.2 Å². The maximum absolute atomic E-state index is 9.58. The van der Waals surface area contributed by atoms with Crippen molar-refractivity contribution in [1.29, 1.82) is 0 Å². The van der Waals surface area contributed by atoms with Crippen LogP contribution in [0.1, 0.15) is 46.1 Å². The van der Waals surface area contributed by atoms with E-state index in [9.17, 15) is 5.02 Å². The minimum atomic E-state index is -0.495. The van der Waals surface area contributed by atoms with Gasteiger partial charge in [0.2, 0.25) is 0 Å². The average molecular weight is 301 g/mol. The van der Waals surface area contributed by atoms with Gasteiger partial charge in [0, 0.05) is 5.54 Å². The molecule has 1 aromatic carbocycles. The van der Waals surface area contributed by atoms with Gasteiger partial charge in [0.15, 0.2) is 0 Å². The van der Waals surface area contributed by atoms with E-state index in [1.54, 1.807) is 6.82 Å². The third-order valence-corrected chi connectivity index (χ3v) is 5.22. The lowest BCUT2D eigenvalue weighted by Gasteiger charge is -2.32. The molecular formula is C16H25B2NO3. The molecule has 0 unspecified atom stereocenters. The third-order valence-electron chi connectivity index (χ3n) is 5.22. The smallest absolute Gasteiger partial charge is 0.437 e. The standard InChI is InChI=1S/C16H25B2NO3/c1-14(2)15(3,4)22-18(21-14)13-8-6-12(7-9-13)16(10-11-16)19-17(5)20/h6-9,19-20H,10-11H2,1-5H3. The monoisotopic (exact) mass is 301 g/mol. The molecule has 0 amide bonds. The average Bonchev–Trinajstić information content (AvgIpc) is 3.13. The highest BCUT2D eigenvalue weighted by Crippen LogP contribution is 2.45. The van der Waals surface area contributed by atoms with E-state index in [1.165, 1.54) is 5.56 Å². The summed E-state index contributed by atoms with van der Waals surface area (Å²) < 4.78 is 12.2. The summed E-state index contributed by atoms with van der Waals surface area (Å²) >= 11 is 0. The molecule has 2 N–H and O–H groups in total. The van der Waals surface area contributed by atoms with Gasteiger partial charge in [0.05, 0.1) is 11.2 Å². The summed E-state index contributed by atoms with van der Waals surface area (Å²) in [6, 6.07) is 8.37. The predicted molar refractivity (Wildman–Crippen MR) is 90.0 cm³/mol. The van der Waals surface area contributed by atoms with Crippen LogP contribution in [-0.2, 0) is 14.8 Å². The van der Waals surface area contributed by atoms with Gasteiger partial charge < -0.3 is 19.6 Å². The van der Waals surface area contributed by atoms with Crippen LogP contribution in [0.4, 0.5) is 0 Å². The first kappa shape index (κ1) is 16.1. The molecule has 0 atom stereocenters. The molecule has 1 aliphatic carbocycles. The maximum Gasteiger partial charge on any atom is 0.494 e. The number of hydrogen-bond donors (Lipinski definition) is 2. The van der Waals surface area contributed by atoms with E-state index in [0.29, 0.717) is 0 Å². The van der Waals surface area contributed by atoms with Gasteiger partial charge in [-0.1, -0.05) is 24.3 Å². The molecule has 1 saturated carbocycles. The molecule has 0 spiro atoms. The van der Waals surface area contributed by atoms with Crippen LogP contribution in [0.2, 0.25) is 6.82 Å². The Morgan fingerprint density at radius 2 is 1.55 bits per heavy atom. The Morgan fingerprint density at radius 3 is 1.95 bits per heavy atom. The van der Waals surface area contributed by atoms with E-state index in [4.69, 9.17) is 9.31 Å². The fourth-order valence-corrected chi connectivity index (χ4v) is 2.98. The van der Waals surface area contributed by atoms with Gasteiger partial charge in [-0.2, -0.15) is 0 Å². The molecule has 0 radical (unpaired) electrons. The Labute approximate surface area is 133 Å². The molecule has 3 rings (SSSR count). The lowest BCUT2D eigenvalue weighted by molar-refractivity contribution is 0.00578. The first-order valence-corrected chi connectivity index (χ1v) is 8.07. The number of rotatable bonds is 4. The molecule has 1 aliphatic heterocycles. The van der Waals surface area contributed by atoms with Gasteiger partial charge in [0.1, 0.15) is 0 Å². The molecular weight excluding hydrogens is 276 g/mol. The molecule has 22 heavy (non-hydrogen) atoms. The van der Waals surface area contributed by atoms with Crippen LogP contribution in [0.5, 0.6) is 0 Å². The van der Waals surface area contributed by atoms with Gasteiger partial charge in [0.25, 0.3) is 0 Å². The van der Waals surface area contributed by atoms with Crippen molar-refractivity contribution in [1.82, 2.24) is 5.23 Å². The van der Waals surface area contributed by atoms with Crippen molar-refractivity contribution in [2.24, 2.45) is 0 Å². The zero-order valence-electron chi connectivity index (χ0n) is 14.1. The molecule has 0 bridgehead atoms. The molecule has 0 aromatic heterocycles. The van der Waals surface area contributed by atoms with Gasteiger partial charge in [-0.15, -0.1) is 0 Å². The second-order valence-corrected chi connectivity index (χ2v) is 7.61. The van der Waals surface area contributed by atoms with Crippen molar-refractivity contribution in [2.45, 2.75) is 64.1 Å². The summed E-state index contributed by atoms with van der Waals surface area (Å²) in [5.74, 6) is 0. The summed E-state index contributed by atoms with van der Waals surface area (Å²) in [7, 11) is -0.816. The lowest BCUT2D eigenvalue weighted by Crippen LogP contribution is -2.41. The van der Waals surface area contributed by atoms with Gasteiger partial charge in [-0.05, 0) is 58.4 Å². The van der Waals surface area contributed by atoms with E-state index < -0.39 is 7.05 Å². The van der Waals surface area contributed by atoms with Crippen LogP contribution < -0.4 is 10.7 Å². The number of benzene rings is 1. The van der Waals surface area contributed by atoms with Crippen LogP contribution in [0.3, 0.4) is 0 Å². The minimum absolute atomic E-state index is 0.0529. The van der Waals surface area contributed by atoms with Crippen molar-refractivity contribution in [2.75, 3.05) is 0 Å². The fraction of sp³-hybridized carbons (Fsp3) is 0.625. The molecule has 1 aromatic rings. The Bertz CT molecular complexity index is 537. The van der Waals surface area contributed by atoms with E-state index in [2.05, 4.69) is 57.2 Å². The highest BCUT2D eigenvalue weighted by molar-refractivity contribution is 6.62. The van der Waals surface area contributed by atoms with Crippen molar-refractivity contribution in [3.8, 4) is 0 Å². The molecule has 4 nitrogen and oxygen atoms in total. The first-order valence-electron chi connectivity index (χ1n) is 8.07. The summed E-state index contributed by atoms with van der Waals surface area (Å²) in [5, 5.41) is 12.8. The highest BCUT2D eigenvalue weighted by Gasteiger charge is 2.52. The summed E-state index contributed by atoms with van der Waals surface area (Å²) in [6.45, 7) is 10.0. The highest BCUT2D eigenvalue weighted by atomic mass is 16.7. The zero-order chi connectivity index (χ0) is 16.2. The Hall–Kier alpha value is -0.810. The number of nitrogens with one attached hydrogen (secondary N) is 1. The van der Waals surface area contributed by atoms with E-state index in [-0.39, 0.29) is 23.9 Å². The fourth-order valence-electron chi connectivity index (χ4n) is 2.98. The minimum Gasteiger partial charge on any atom is -0.437 e. The Morgan fingerprint density at radius 1 is 1.05 bits per heavy atom. The lowest BCUT2D eigenvalue weighted by atomic mass is 9.78. The van der Waals surface area contributed by atoms with Gasteiger partial charge in [-0.3, -0.25) is 0 Å². The van der Waals surface area contributed by atoms with Crippen molar-refractivity contribution in [3.05, 3.63) is 29.8 Å². The van der Waals surface area contributed by atoms with E-state index >= 15 is 0 Å². The van der Waals surface area contributed by atoms with Crippen LogP contribution in [0, 0.1) is 0 Å². The second-order valence-electron chi connectivity index (χ2n) is 7.61. The molecule has 1 heterocycles. The normalized spacial score (nSPS) is 24.4. The maximum atomic E-state index is 9.58. The third kappa shape index (κ3) is 2.73. The van der Waals surface area contributed by atoms with Crippen molar-refractivity contribution in [3.63, 3.8) is 0 Å². The van der Waals surface area contributed by atoms with Crippen LogP contribution in [-0.4, -0.2) is 30.4 Å². The van der Waals surface area contributed by atoms with Crippen molar-refractivity contribution >= 4 is 19.6 Å². The molecule has 118 valence electrons. The molecule has 2 fully saturated rings. The SMILES string of the molecule is CB(O)NC1(c2ccc(B3OC(C)(C)C(C)(C)O3)cc2)CC1. The van der Waals surface area contributed by atoms with E-state index in [1.807, 2.05) is 0 Å². The van der Waals surface area contributed by atoms with Crippen LogP contribution >= 0.6 is 0 Å². The first-order chi connectivity index (χ1) is 10.2. The van der Waals surface area contributed by atoms with Crippen LogP contribution in [0.25, 0.3) is 0 Å². The molecule has 2 aliphatic rings. The Balaban J connectivity index is 1.76. The summed E-state index contributed by atoms with van der Waals surface area (Å²) in [4.78, 5) is 0. The van der Waals surface area contributed by atoms with Crippen molar-refractivity contribution < 1.29 is 14.3 Å². The number of hydrogen-bond acceptors (Lipinski definition) is 4. The second kappa shape index (κ2) is 5.10. The van der Waals surface area contributed by atoms with Gasteiger partial charge in [-0.25, -0.2) is 0 Å². The van der Waals surface area contributed by atoms with E-state index in [0.717, 1.165) is 18.3 Å². The predicted octanol–water partition coefficient (Wildman–Crippen LogP) is 1.67. The zero-order valence-corrected chi connectivity index (χ0v) is 14.1. The molecule has 1 saturated heterocycles. The largest absolute Gasteiger partial charge is 0.494 e. The summed E-state index contributed by atoms with van der Waals surface area (Å²) in [6.07, 6.45) is 2.13. The Kier molecular flexibility index (Phi) is 3.72. The van der Waals surface area contributed by atoms with Crippen LogP contribution in [0.15, 0.2) is 24.3 Å². The quantitative estimate of drug-likeness (QED) is 0.831. The summed E-state index contributed by atoms with van der Waals surface area (Å²) in [5.41, 5.74) is 1.57. The molecule has 6 heteroatoms. The topological polar surface area (TPSA) is 50.7 Å².